The van der Waals surface area contributed by atoms with E-state index in [9.17, 15) is 0 Å². The molecule has 2 heterocycles. The van der Waals surface area contributed by atoms with Crippen LogP contribution in [-0.4, -0.2) is 0 Å². The molecule has 0 aliphatic carbocycles. The molecule has 0 N–H and O–H groups in total. The molecule has 0 saturated heterocycles. The van der Waals surface area contributed by atoms with E-state index in [1.165, 1.54) is 27.8 Å². The van der Waals surface area contributed by atoms with E-state index in [0.717, 1.165) is 88.8 Å². The van der Waals surface area contributed by atoms with Gasteiger partial charge in [-0.2, -0.15) is 0 Å². The van der Waals surface area contributed by atoms with E-state index in [4.69, 9.17) is 8.83 Å². The number of para-hydroxylation sites is 1. The number of hydrogen-bond acceptors (Lipinski definition) is 3. The number of fused-ring (bicyclic) bond motifs is 6. The molecule has 0 aliphatic heterocycles. The lowest BCUT2D eigenvalue weighted by molar-refractivity contribution is 0.664. The predicted octanol–water partition coefficient (Wildman–Crippen LogP) is 17.3. The fourth-order valence-corrected chi connectivity index (χ4v) is 9.19. The number of hydrogen-bond donors (Lipinski definition) is 0. The zero-order valence-electron chi connectivity index (χ0n) is 34.3. The Kier molecular flexibility index (Phi) is 8.83. The van der Waals surface area contributed by atoms with Crippen LogP contribution in [0.15, 0.2) is 245 Å². The molecule has 0 saturated carbocycles. The molecule has 0 unspecified atom stereocenters. The third-order valence-electron chi connectivity index (χ3n) is 12.3. The number of nitrogens with zero attached hydrogens (tertiary/aromatic N) is 1. The van der Waals surface area contributed by atoms with Gasteiger partial charge in [0, 0.05) is 44.2 Å². The maximum atomic E-state index is 7.03. The van der Waals surface area contributed by atoms with Crippen LogP contribution >= 0.6 is 0 Å². The Bertz CT molecular complexity index is 3500. The van der Waals surface area contributed by atoms with E-state index in [1.807, 2.05) is 12.1 Å². The van der Waals surface area contributed by atoms with E-state index in [0.29, 0.717) is 0 Å². The molecule has 296 valence electrons. The van der Waals surface area contributed by atoms with Gasteiger partial charge in [0.15, 0.2) is 0 Å². The van der Waals surface area contributed by atoms with Crippen molar-refractivity contribution in [3.63, 3.8) is 0 Å². The Morgan fingerprint density at radius 2 is 0.746 bits per heavy atom. The topological polar surface area (TPSA) is 29.5 Å². The van der Waals surface area contributed by atoms with Crippen LogP contribution in [0.25, 0.3) is 99.5 Å². The summed E-state index contributed by atoms with van der Waals surface area (Å²) in [6, 6.07) is 83.9. The second kappa shape index (κ2) is 15.3. The summed E-state index contributed by atoms with van der Waals surface area (Å²) in [5.41, 5.74) is 18.0. The average Bonchev–Trinajstić information content (AvgIpc) is 3.92. The minimum absolute atomic E-state index is 0.829. The first-order valence-electron chi connectivity index (χ1n) is 21.4. The van der Waals surface area contributed by atoms with Crippen LogP contribution in [0.5, 0.6) is 0 Å². The van der Waals surface area contributed by atoms with Crippen molar-refractivity contribution < 1.29 is 8.83 Å². The maximum Gasteiger partial charge on any atom is 0.144 e. The van der Waals surface area contributed by atoms with Gasteiger partial charge in [-0.25, -0.2) is 0 Å². The molecular formula is C60H39NO2. The lowest BCUT2D eigenvalue weighted by Crippen LogP contribution is -2.10. The summed E-state index contributed by atoms with van der Waals surface area (Å²) in [5.74, 6) is 0. The van der Waals surface area contributed by atoms with Crippen molar-refractivity contribution in [2.24, 2.45) is 0 Å². The van der Waals surface area contributed by atoms with Gasteiger partial charge in [-0.3, -0.25) is 0 Å². The van der Waals surface area contributed by atoms with Crippen LogP contribution in [0.4, 0.5) is 17.1 Å². The molecule has 12 aromatic rings. The SMILES string of the molecule is c1ccc(-c2ccc(N(c3ccc(-c4ccccc4)cc3)c3cccc(-c4ccc5c(c4)oc4c(-c6cccc(-c7ccccc7)c6)c6c(cc45)oc4ccccc46)c3)cc2)cc1. The minimum Gasteiger partial charge on any atom is -0.456 e. The second-order valence-electron chi connectivity index (χ2n) is 16.1. The van der Waals surface area contributed by atoms with Gasteiger partial charge in [0.1, 0.15) is 22.3 Å². The number of benzene rings is 10. The first-order valence-corrected chi connectivity index (χ1v) is 21.4. The molecule has 0 spiro atoms. The number of anilines is 3. The molecule has 2 aromatic heterocycles. The molecule has 0 atom stereocenters. The van der Waals surface area contributed by atoms with Gasteiger partial charge in [-0.1, -0.05) is 170 Å². The third-order valence-corrected chi connectivity index (χ3v) is 12.3. The van der Waals surface area contributed by atoms with Crippen LogP contribution in [0.3, 0.4) is 0 Å². The minimum atomic E-state index is 0.829. The average molecular weight is 806 g/mol. The molecule has 12 rings (SSSR count). The number of rotatable bonds is 8. The summed E-state index contributed by atoms with van der Waals surface area (Å²) in [7, 11) is 0. The monoisotopic (exact) mass is 805 g/mol. The van der Waals surface area contributed by atoms with E-state index >= 15 is 0 Å². The Morgan fingerprint density at radius 3 is 1.40 bits per heavy atom. The predicted molar refractivity (Wildman–Crippen MR) is 263 cm³/mol. The molecule has 10 aromatic carbocycles. The van der Waals surface area contributed by atoms with Gasteiger partial charge in [0.25, 0.3) is 0 Å². The first kappa shape index (κ1) is 36.5. The van der Waals surface area contributed by atoms with E-state index in [1.54, 1.807) is 0 Å². The van der Waals surface area contributed by atoms with Crippen LogP contribution in [0.1, 0.15) is 0 Å². The summed E-state index contributed by atoms with van der Waals surface area (Å²) in [6.07, 6.45) is 0. The van der Waals surface area contributed by atoms with Crippen molar-refractivity contribution >= 4 is 60.9 Å². The Morgan fingerprint density at radius 1 is 0.254 bits per heavy atom. The molecular weight excluding hydrogens is 767 g/mol. The standard InChI is InChI=1S/C60H39NO2/c1-4-14-40(15-5-1)43-26-31-49(32-27-43)61(50-33-28-44(29-34-50)41-16-6-2-7-17-41)51-23-13-21-46(37-51)47-30-35-52-54-39-57-59(53-24-10-11-25-55(53)62-57)58(60(54)63-56(52)38-47)48-22-12-20-45(36-48)42-18-8-3-9-19-42/h1-39H. The van der Waals surface area contributed by atoms with Crippen molar-refractivity contribution in [3.05, 3.63) is 237 Å². The van der Waals surface area contributed by atoms with Gasteiger partial charge < -0.3 is 13.7 Å². The summed E-state index contributed by atoms with van der Waals surface area (Å²) < 4.78 is 13.6. The third kappa shape index (κ3) is 6.55. The van der Waals surface area contributed by atoms with Gasteiger partial charge in [-0.15, -0.1) is 0 Å². The fraction of sp³-hybridized carbons (Fsp3) is 0. The zero-order chi connectivity index (χ0) is 41.7. The fourth-order valence-electron chi connectivity index (χ4n) is 9.19. The van der Waals surface area contributed by atoms with Crippen molar-refractivity contribution in [1.29, 1.82) is 0 Å². The van der Waals surface area contributed by atoms with Crippen molar-refractivity contribution in [2.45, 2.75) is 0 Å². The van der Waals surface area contributed by atoms with Crippen LogP contribution in [0, 0.1) is 0 Å². The molecule has 0 bridgehead atoms. The summed E-state index contributed by atoms with van der Waals surface area (Å²) in [6.45, 7) is 0. The normalized spacial score (nSPS) is 11.5. The lowest BCUT2D eigenvalue weighted by atomic mass is 9.94. The number of furan rings is 2. The van der Waals surface area contributed by atoms with Gasteiger partial charge >= 0.3 is 0 Å². The van der Waals surface area contributed by atoms with Gasteiger partial charge in [0.2, 0.25) is 0 Å². The zero-order valence-corrected chi connectivity index (χ0v) is 34.3. The summed E-state index contributed by atoms with van der Waals surface area (Å²) in [5, 5.41) is 4.21. The highest BCUT2D eigenvalue weighted by molar-refractivity contribution is 6.23. The van der Waals surface area contributed by atoms with Crippen molar-refractivity contribution in [2.75, 3.05) is 4.90 Å². The van der Waals surface area contributed by atoms with E-state index in [2.05, 4.69) is 229 Å². The quantitative estimate of drug-likeness (QED) is 0.153. The van der Waals surface area contributed by atoms with Crippen LogP contribution < -0.4 is 4.90 Å². The summed E-state index contributed by atoms with van der Waals surface area (Å²) in [4.78, 5) is 2.34. The molecule has 0 fully saturated rings. The van der Waals surface area contributed by atoms with Crippen LogP contribution in [-0.2, 0) is 0 Å². The highest BCUT2D eigenvalue weighted by Gasteiger charge is 2.22. The molecule has 3 nitrogen and oxygen atoms in total. The molecule has 63 heavy (non-hydrogen) atoms. The maximum absolute atomic E-state index is 7.03. The van der Waals surface area contributed by atoms with Crippen molar-refractivity contribution in [1.82, 2.24) is 0 Å². The van der Waals surface area contributed by atoms with Gasteiger partial charge in [-0.05, 0) is 117 Å². The Balaban J connectivity index is 0.983. The molecule has 3 heteroatoms. The Hall–Kier alpha value is -8.40. The summed E-state index contributed by atoms with van der Waals surface area (Å²) >= 11 is 0. The lowest BCUT2D eigenvalue weighted by Gasteiger charge is -2.26. The van der Waals surface area contributed by atoms with Crippen molar-refractivity contribution in [3.8, 4) is 55.6 Å². The smallest absolute Gasteiger partial charge is 0.144 e. The highest BCUT2D eigenvalue weighted by atomic mass is 16.3. The second-order valence-corrected chi connectivity index (χ2v) is 16.1. The largest absolute Gasteiger partial charge is 0.456 e. The Labute approximate surface area is 365 Å². The molecule has 0 aliphatic rings. The van der Waals surface area contributed by atoms with Gasteiger partial charge in [0.05, 0.1) is 0 Å². The van der Waals surface area contributed by atoms with Crippen LogP contribution in [0.2, 0.25) is 0 Å². The highest BCUT2D eigenvalue weighted by Crippen LogP contribution is 2.46. The van der Waals surface area contributed by atoms with E-state index in [-0.39, 0.29) is 0 Å². The molecule has 0 amide bonds. The van der Waals surface area contributed by atoms with E-state index < -0.39 is 0 Å². The molecule has 0 radical (unpaired) electrons. The first-order chi connectivity index (χ1) is 31.2.